The first-order valence-electron chi connectivity index (χ1n) is 9.22. The molecule has 0 bridgehead atoms. The lowest BCUT2D eigenvalue weighted by Crippen LogP contribution is -2.54. The highest BCUT2D eigenvalue weighted by Crippen LogP contribution is 2.19. The summed E-state index contributed by atoms with van der Waals surface area (Å²) in [6.07, 6.45) is -0.825. The molecule has 0 aliphatic heterocycles. The van der Waals surface area contributed by atoms with Crippen molar-refractivity contribution in [3.8, 4) is 5.75 Å². The van der Waals surface area contributed by atoms with Crippen molar-refractivity contribution in [1.82, 2.24) is 10.6 Å². The largest absolute Gasteiger partial charge is 0.508 e. The van der Waals surface area contributed by atoms with Gasteiger partial charge in [-0.05, 0) is 24.1 Å². The Morgan fingerprint density at radius 1 is 1.13 bits per heavy atom. The van der Waals surface area contributed by atoms with Crippen molar-refractivity contribution >= 4 is 34.5 Å². The summed E-state index contributed by atoms with van der Waals surface area (Å²) in [6.45, 7) is 1.67. The predicted octanol–water partition coefficient (Wildman–Crippen LogP) is 0.751. The van der Waals surface area contributed by atoms with E-state index in [1.165, 1.54) is 24.3 Å². The van der Waals surface area contributed by atoms with Crippen molar-refractivity contribution in [2.24, 2.45) is 5.92 Å². The molecular weight excluding hydrogens is 415 g/mol. The molecule has 0 saturated carbocycles. The van der Waals surface area contributed by atoms with Gasteiger partial charge in [-0.25, -0.2) is 9.18 Å². The molecule has 2 atom stereocenters. The van der Waals surface area contributed by atoms with E-state index < -0.39 is 65.9 Å². The Bertz CT molecular complexity index is 1080. The SMILES string of the molecule is CC(C)[C@H](NC(=O)c1cc2ccc(O)cc2oc1=O)C(=O)NC(CC(=O)O)C(=O)CF. The molecule has 2 aromatic rings. The summed E-state index contributed by atoms with van der Waals surface area (Å²) in [5.41, 5.74) is -1.35. The number of phenolic OH excluding ortho intramolecular Hbond substituents is 1. The molecule has 2 amide bonds. The van der Waals surface area contributed by atoms with Gasteiger partial charge in [0.25, 0.3) is 5.91 Å². The molecule has 0 fully saturated rings. The average molecular weight is 436 g/mol. The number of rotatable bonds is 9. The highest BCUT2D eigenvalue weighted by atomic mass is 19.1. The average Bonchev–Trinajstić information content (AvgIpc) is 2.69. The third kappa shape index (κ3) is 5.87. The number of Topliss-reactive ketones (excluding diaryl/α,β-unsaturated/α-hetero) is 1. The number of carbonyl (C=O) groups is 4. The van der Waals surface area contributed by atoms with E-state index in [1.54, 1.807) is 13.8 Å². The van der Waals surface area contributed by atoms with E-state index in [-0.39, 0.29) is 11.3 Å². The zero-order valence-corrected chi connectivity index (χ0v) is 16.7. The first-order valence-corrected chi connectivity index (χ1v) is 9.22. The predicted molar refractivity (Wildman–Crippen MR) is 105 cm³/mol. The van der Waals surface area contributed by atoms with E-state index in [2.05, 4.69) is 10.6 Å². The van der Waals surface area contributed by atoms with Gasteiger partial charge in [-0.3, -0.25) is 19.2 Å². The number of aliphatic carboxylic acids is 1. The molecule has 1 heterocycles. The van der Waals surface area contributed by atoms with E-state index in [1.807, 2.05) is 0 Å². The molecule has 0 spiro atoms. The molecule has 1 unspecified atom stereocenters. The summed E-state index contributed by atoms with van der Waals surface area (Å²) in [4.78, 5) is 59.9. The molecule has 1 aromatic carbocycles. The molecule has 31 heavy (non-hydrogen) atoms. The normalized spacial score (nSPS) is 12.9. The number of ketones is 1. The minimum Gasteiger partial charge on any atom is -0.508 e. The van der Waals surface area contributed by atoms with Crippen molar-refractivity contribution in [2.45, 2.75) is 32.4 Å². The number of alkyl halides is 1. The number of carbonyl (C=O) groups excluding carboxylic acids is 3. The van der Waals surface area contributed by atoms with E-state index in [0.29, 0.717) is 5.39 Å². The van der Waals surface area contributed by atoms with E-state index in [9.17, 15) is 33.5 Å². The van der Waals surface area contributed by atoms with Crippen LogP contribution in [0.15, 0.2) is 33.5 Å². The van der Waals surface area contributed by atoms with Crippen LogP contribution >= 0.6 is 0 Å². The summed E-state index contributed by atoms with van der Waals surface area (Å²) in [5, 5.41) is 23.2. The van der Waals surface area contributed by atoms with E-state index in [4.69, 9.17) is 9.52 Å². The second-order valence-corrected chi connectivity index (χ2v) is 7.12. The number of phenols is 1. The summed E-state index contributed by atoms with van der Waals surface area (Å²) in [7, 11) is 0. The Labute approximate surface area is 175 Å². The van der Waals surface area contributed by atoms with Crippen LogP contribution < -0.4 is 16.3 Å². The Morgan fingerprint density at radius 3 is 2.39 bits per heavy atom. The minimum atomic E-state index is -1.61. The van der Waals surface area contributed by atoms with E-state index >= 15 is 0 Å². The van der Waals surface area contributed by atoms with Crippen molar-refractivity contribution < 1.29 is 38.2 Å². The Balaban J connectivity index is 2.26. The zero-order valence-electron chi connectivity index (χ0n) is 16.7. The van der Waals surface area contributed by atoms with E-state index in [0.717, 1.165) is 0 Å². The number of aromatic hydroxyl groups is 1. The number of halogens is 1. The molecule has 0 aliphatic rings. The second kappa shape index (κ2) is 9.83. The second-order valence-electron chi connectivity index (χ2n) is 7.12. The van der Waals surface area contributed by atoms with Crippen LogP contribution in [0, 0.1) is 5.92 Å². The fourth-order valence-corrected chi connectivity index (χ4v) is 2.79. The number of nitrogens with one attached hydrogen (secondary N) is 2. The van der Waals surface area contributed by atoms with Gasteiger partial charge in [-0.2, -0.15) is 0 Å². The quantitative estimate of drug-likeness (QED) is 0.419. The fourth-order valence-electron chi connectivity index (χ4n) is 2.79. The van der Waals surface area contributed by atoms with Crippen LogP contribution in [-0.2, 0) is 14.4 Å². The smallest absolute Gasteiger partial charge is 0.349 e. The Morgan fingerprint density at radius 2 is 1.81 bits per heavy atom. The number of amides is 2. The number of hydrogen-bond donors (Lipinski definition) is 4. The van der Waals surface area contributed by atoms with Gasteiger partial charge in [0.2, 0.25) is 5.91 Å². The molecule has 10 nitrogen and oxygen atoms in total. The molecule has 166 valence electrons. The van der Waals surface area contributed by atoms with Gasteiger partial charge in [0.05, 0.1) is 6.42 Å². The molecular formula is C20H21FN2O8. The third-order valence-electron chi connectivity index (χ3n) is 4.42. The molecule has 11 heteroatoms. The Kier molecular flexibility index (Phi) is 7.46. The number of fused-ring (bicyclic) bond motifs is 1. The third-order valence-corrected chi connectivity index (χ3v) is 4.42. The van der Waals surface area contributed by atoms with Crippen molar-refractivity contribution in [1.29, 1.82) is 0 Å². The molecule has 1 aromatic heterocycles. The topological polar surface area (TPSA) is 163 Å². The molecule has 2 rings (SSSR count). The minimum absolute atomic E-state index is 0.0564. The highest BCUT2D eigenvalue weighted by Gasteiger charge is 2.30. The molecule has 0 saturated heterocycles. The van der Waals surface area contributed by atoms with Gasteiger partial charge in [-0.15, -0.1) is 0 Å². The number of carboxylic acid groups (broad SMARTS) is 1. The Hall–Kier alpha value is -3.76. The van der Waals surface area contributed by atoms with Gasteiger partial charge in [0.1, 0.15) is 35.7 Å². The van der Waals surface area contributed by atoms with Crippen molar-refractivity contribution in [3.05, 3.63) is 40.2 Å². The summed E-state index contributed by atoms with van der Waals surface area (Å²) in [5.74, 6) is -5.06. The fraction of sp³-hybridized carbons (Fsp3) is 0.350. The summed E-state index contributed by atoms with van der Waals surface area (Å²) >= 11 is 0. The van der Waals surface area contributed by atoms with Gasteiger partial charge in [-0.1, -0.05) is 13.8 Å². The maximum atomic E-state index is 12.7. The van der Waals surface area contributed by atoms with Crippen LogP contribution in [-0.4, -0.2) is 52.5 Å². The highest BCUT2D eigenvalue weighted by molar-refractivity contribution is 6.00. The van der Waals surface area contributed by atoms with Crippen LogP contribution in [0.2, 0.25) is 0 Å². The van der Waals surface area contributed by atoms with Gasteiger partial charge < -0.3 is 25.3 Å². The lowest BCUT2D eigenvalue weighted by molar-refractivity contribution is -0.140. The van der Waals surface area contributed by atoms with Crippen LogP contribution in [0.4, 0.5) is 4.39 Å². The standard InChI is InChI=1S/C20H21FN2O8/c1-9(2)17(19(29)22-13(7-16(26)27)14(25)8-21)23-18(28)12-5-10-3-4-11(24)6-15(10)31-20(12)30/h3-6,9,13,17,24H,7-8H2,1-2H3,(H,22,29)(H,23,28)(H,26,27)/t13?,17-/m0/s1. The summed E-state index contributed by atoms with van der Waals surface area (Å²) < 4.78 is 17.7. The zero-order chi connectivity index (χ0) is 23.3. The first kappa shape index (κ1) is 23.5. The molecule has 0 radical (unpaired) electrons. The van der Waals surface area contributed by atoms with Crippen LogP contribution in [0.1, 0.15) is 30.6 Å². The lowest BCUT2D eigenvalue weighted by Gasteiger charge is -2.24. The molecule has 0 aliphatic carbocycles. The van der Waals surface area contributed by atoms with Gasteiger partial charge in [0, 0.05) is 11.5 Å². The number of benzene rings is 1. The maximum Gasteiger partial charge on any atom is 0.349 e. The maximum absolute atomic E-state index is 12.7. The monoisotopic (exact) mass is 436 g/mol. The van der Waals surface area contributed by atoms with Crippen LogP contribution in [0.25, 0.3) is 11.0 Å². The van der Waals surface area contributed by atoms with Crippen molar-refractivity contribution in [2.75, 3.05) is 6.67 Å². The van der Waals surface area contributed by atoms with Crippen molar-refractivity contribution in [3.63, 3.8) is 0 Å². The van der Waals surface area contributed by atoms with Gasteiger partial charge >= 0.3 is 11.6 Å². The van der Waals surface area contributed by atoms with Gasteiger partial charge in [0.15, 0.2) is 5.78 Å². The first-order chi connectivity index (χ1) is 14.5. The summed E-state index contributed by atoms with van der Waals surface area (Å²) in [6, 6.07) is 2.32. The van der Waals surface area contributed by atoms with Crippen LogP contribution in [0.5, 0.6) is 5.75 Å². The van der Waals surface area contributed by atoms with Crippen LogP contribution in [0.3, 0.4) is 0 Å². The number of hydrogen-bond acceptors (Lipinski definition) is 7. The molecule has 4 N–H and O–H groups in total. The lowest BCUT2D eigenvalue weighted by atomic mass is 10.0. The number of carboxylic acids is 1.